The summed E-state index contributed by atoms with van der Waals surface area (Å²) in [6.07, 6.45) is -5.18. The van der Waals surface area contributed by atoms with E-state index in [1.165, 1.54) is 6.92 Å². The third kappa shape index (κ3) is 5.88. The molecule has 6 heteroatoms. The molecule has 0 spiro atoms. The maximum absolute atomic E-state index is 12.5. The van der Waals surface area contributed by atoms with Crippen molar-refractivity contribution in [1.82, 2.24) is 0 Å². The van der Waals surface area contributed by atoms with Crippen LogP contribution in [-0.4, -0.2) is 12.1 Å². The highest BCUT2D eigenvalue weighted by Crippen LogP contribution is 2.30. The van der Waals surface area contributed by atoms with Crippen LogP contribution in [-0.2, 0) is 4.74 Å². The molecule has 1 unspecified atom stereocenters. The zero-order valence-corrected chi connectivity index (χ0v) is 15.5. The van der Waals surface area contributed by atoms with E-state index in [2.05, 4.69) is 0 Å². The van der Waals surface area contributed by atoms with Crippen molar-refractivity contribution in [2.24, 2.45) is 0 Å². The van der Waals surface area contributed by atoms with Crippen molar-refractivity contribution in [1.29, 1.82) is 0 Å². The number of carbonyl (C=O) groups is 1. The monoisotopic (exact) mass is 460 g/mol. The van der Waals surface area contributed by atoms with Crippen LogP contribution >= 0.6 is 22.6 Å². The second-order valence-electron chi connectivity index (χ2n) is 5.44. The number of esters is 1. The second-order valence-corrected chi connectivity index (χ2v) is 6.61. The molecule has 0 heterocycles. The summed E-state index contributed by atoms with van der Waals surface area (Å²) >= 11 is 2.02. The fraction of sp³-hybridized carbons (Fsp3) is 0.211. The van der Waals surface area contributed by atoms with Gasteiger partial charge in [0.05, 0.1) is 12.0 Å². The molecule has 0 aliphatic heterocycles. The molecule has 1 atom stereocenters. The van der Waals surface area contributed by atoms with Gasteiger partial charge in [-0.05, 0) is 52.8 Å². The maximum atomic E-state index is 12.5. The highest BCUT2D eigenvalue weighted by Gasteiger charge is 2.27. The third-order valence-corrected chi connectivity index (χ3v) is 4.43. The Morgan fingerprint density at radius 1 is 1.12 bits per heavy atom. The van der Waals surface area contributed by atoms with Crippen LogP contribution in [0.15, 0.2) is 66.2 Å². The van der Waals surface area contributed by atoms with Gasteiger partial charge in [0.25, 0.3) is 0 Å². The average Bonchev–Trinajstić information content (AvgIpc) is 2.58. The topological polar surface area (TPSA) is 26.3 Å². The van der Waals surface area contributed by atoms with Crippen LogP contribution in [0.5, 0.6) is 0 Å². The van der Waals surface area contributed by atoms with E-state index in [9.17, 15) is 18.0 Å². The van der Waals surface area contributed by atoms with E-state index in [4.69, 9.17) is 4.74 Å². The average molecular weight is 460 g/mol. The molecule has 0 radical (unpaired) electrons. The third-order valence-electron chi connectivity index (χ3n) is 3.49. The molecule has 132 valence electrons. The quantitative estimate of drug-likeness (QED) is 0.307. The molecule has 25 heavy (non-hydrogen) atoms. The Balaban J connectivity index is 2.30. The van der Waals surface area contributed by atoms with Crippen molar-refractivity contribution in [3.63, 3.8) is 0 Å². The van der Waals surface area contributed by atoms with Crippen LogP contribution in [0.4, 0.5) is 13.2 Å². The van der Waals surface area contributed by atoms with Gasteiger partial charge in [-0.25, -0.2) is 4.79 Å². The first-order valence-electron chi connectivity index (χ1n) is 7.52. The Labute approximate surface area is 157 Å². The summed E-state index contributed by atoms with van der Waals surface area (Å²) in [5.74, 6) is -0.571. The predicted molar refractivity (Wildman–Crippen MR) is 98.2 cm³/mol. The van der Waals surface area contributed by atoms with Crippen LogP contribution in [0, 0.1) is 3.57 Å². The summed E-state index contributed by atoms with van der Waals surface area (Å²) in [5.41, 5.74) is 1.34. The number of benzene rings is 2. The lowest BCUT2D eigenvalue weighted by Crippen LogP contribution is -2.14. The van der Waals surface area contributed by atoms with Gasteiger partial charge in [-0.1, -0.05) is 48.5 Å². The summed E-state index contributed by atoms with van der Waals surface area (Å²) in [6.45, 7) is 1.53. The molecule has 0 bridgehead atoms. The highest BCUT2D eigenvalue weighted by atomic mass is 127. The predicted octanol–water partition coefficient (Wildman–Crippen LogP) is 6.09. The first-order valence-corrected chi connectivity index (χ1v) is 8.59. The fourth-order valence-electron chi connectivity index (χ4n) is 2.23. The molecule has 2 nitrogen and oxygen atoms in total. The minimum atomic E-state index is -4.30. The number of hydrogen-bond acceptors (Lipinski definition) is 2. The largest absolute Gasteiger partial charge is 0.449 e. The van der Waals surface area contributed by atoms with E-state index in [0.717, 1.165) is 6.08 Å². The molecule has 0 aliphatic carbocycles. The van der Waals surface area contributed by atoms with Crippen LogP contribution in [0.1, 0.15) is 35.4 Å². The molecule has 0 N–H and O–H groups in total. The lowest BCUT2D eigenvalue weighted by Gasteiger charge is -2.20. The van der Waals surface area contributed by atoms with Crippen molar-refractivity contribution >= 4 is 28.6 Å². The molecule has 2 aromatic carbocycles. The maximum Gasteiger partial charge on any atom is 0.392 e. The van der Waals surface area contributed by atoms with E-state index in [1.54, 1.807) is 54.6 Å². The number of rotatable bonds is 5. The van der Waals surface area contributed by atoms with Crippen molar-refractivity contribution in [2.75, 3.05) is 0 Å². The van der Waals surface area contributed by atoms with E-state index in [0.29, 0.717) is 20.3 Å². The zero-order valence-electron chi connectivity index (χ0n) is 13.4. The lowest BCUT2D eigenvalue weighted by atomic mass is 10.0. The summed E-state index contributed by atoms with van der Waals surface area (Å²) < 4.78 is 43.8. The summed E-state index contributed by atoms with van der Waals surface area (Å²) in [5, 5.41) is 0. The molecule has 2 aromatic rings. The van der Waals surface area contributed by atoms with Gasteiger partial charge < -0.3 is 4.74 Å². The summed E-state index contributed by atoms with van der Waals surface area (Å²) in [6, 6.07) is 15.6. The van der Waals surface area contributed by atoms with Crippen molar-refractivity contribution in [3.05, 3.63) is 80.9 Å². The number of allylic oxidation sites excluding steroid dienone is 1. The van der Waals surface area contributed by atoms with Gasteiger partial charge in [0, 0.05) is 3.57 Å². The first-order chi connectivity index (χ1) is 11.8. The molecular formula is C19H16F3IO2. The first kappa shape index (κ1) is 19.5. The second kappa shape index (κ2) is 8.51. The molecular weight excluding hydrogens is 444 g/mol. The van der Waals surface area contributed by atoms with E-state index in [1.807, 2.05) is 22.6 Å². The Hall–Kier alpha value is -1.83. The smallest absolute Gasteiger partial charge is 0.392 e. The molecule has 0 aliphatic rings. The van der Waals surface area contributed by atoms with E-state index in [-0.39, 0.29) is 0 Å². The van der Waals surface area contributed by atoms with Crippen molar-refractivity contribution in [3.8, 4) is 0 Å². The highest BCUT2D eigenvalue weighted by molar-refractivity contribution is 14.1. The van der Waals surface area contributed by atoms with Gasteiger partial charge in [-0.3, -0.25) is 0 Å². The Bertz CT molecular complexity index is 755. The van der Waals surface area contributed by atoms with Gasteiger partial charge in [0.15, 0.2) is 0 Å². The molecule has 0 saturated carbocycles. The van der Waals surface area contributed by atoms with Gasteiger partial charge in [0.2, 0.25) is 0 Å². The number of alkyl halides is 3. The minimum Gasteiger partial charge on any atom is -0.449 e. The molecule has 2 rings (SSSR count). The number of hydrogen-bond donors (Lipinski definition) is 0. The standard InChI is InChI=1S/C19H16F3IO2/c1-13(11-12-19(20,21)22)17(14-7-3-2-4-8-14)25-18(24)15-9-5-6-10-16(15)23/h2-11,17H,12H2,1H3/b13-11+. The summed E-state index contributed by atoms with van der Waals surface area (Å²) in [7, 11) is 0. The molecule has 0 fully saturated rings. The minimum absolute atomic E-state index is 0.336. The van der Waals surface area contributed by atoms with Crippen LogP contribution in [0.3, 0.4) is 0 Å². The normalized spacial score (nSPS) is 13.4. The summed E-state index contributed by atoms with van der Waals surface area (Å²) in [4.78, 5) is 12.5. The fourth-order valence-corrected chi connectivity index (χ4v) is 2.84. The van der Waals surface area contributed by atoms with Gasteiger partial charge in [-0.15, -0.1) is 0 Å². The van der Waals surface area contributed by atoms with E-state index < -0.39 is 24.7 Å². The SMILES string of the molecule is C/C(=C\CC(F)(F)F)C(OC(=O)c1ccccc1I)c1ccccc1. The number of ether oxygens (including phenoxy) is 1. The van der Waals surface area contributed by atoms with Crippen molar-refractivity contribution < 1.29 is 22.7 Å². The van der Waals surface area contributed by atoms with Crippen molar-refractivity contribution in [2.45, 2.75) is 25.6 Å². The Morgan fingerprint density at radius 3 is 2.32 bits per heavy atom. The van der Waals surface area contributed by atoms with Crippen LogP contribution in [0.25, 0.3) is 0 Å². The number of halogens is 4. The van der Waals surface area contributed by atoms with E-state index >= 15 is 0 Å². The number of carbonyl (C=O) groups excluding carboxylic acids is 1. The molecule has 0 saturated heterocycles. The Morgan fingerprint density at radius 2 is 1.72 bits per heavy atom. The van der Waals surface area contributed by atoms with Crippen LogP contribution < -0.4 is 0 Å². The zero-order chi connectivity index (χ0) is 18.4. The lowest BCUT2D eigenvalue weighted by molar-refractivity contribution is -0.125. The molecule has 0 aromatic heterocycles. The van der Waals surface area contributed by atoms with Crippen LogP contribution in [0.2, 0.25) is 0 Å². The Kier molecular flexibility index (Phi) is 6.64. The van der Waals surface area contributed by atoms with Gasteiger partial charge >= 0.3 is 12.1 Å². The molecule has 0 amide bonds. The van der Waals surface area contributed by atoms with Gasteiger partial charge in [-0.2, -0.15) is 13.2 Å². The van der Waals surface area contributed by atoms with Gasteiger partial charge in [0.1, 0.15) is 6.10 Å².